The molecular formula is C31H27IO4. The summed E-state index contributed by atoms with van der Waals surface area (Å²) in [6, 6.07) is 33.2. The lowest BCUT2D eigenvalue weighted by Gasteiger charge is -2.12. The van der Waals surface area contributed by atoms with Crippen LogP contribution in [0.4, 0.5) is 0 Å². The minimum Gasteiger partial charge on any atom is -0.489 e. The van der Waals surface area contributed by atoms with Crippen LogP contribution in [-0.4, -0.2) is 16.9 Å². The summed E-state index contributed by atoms with van der Waals surface area (Å²) in [5.41, 5.74) is 4.72. The van der Waals surface area contributed by atoms with E-state index in [2.05, 4.69) is 22.6 Å². The number of carboxylic acids is 1. The Bertz CT molecular complexity index is 1300. The topological polar surface area (TPSA) is 63.6 Å². The van der Waals surface area contributed by atoms with Crippen LogP contribution in [0.1, 0.15) is 34.3 Å². The van der Waals surface area contributed by atoms with E-state index >= 15 is 0 Å². The summed E-state index contributed by atoms with van der Waals surface area (Å²) in [6.45, 7) is 0.513. The third-order valence-corrected chi connectivity index (χ3v) is 6.77. The van der Waals surface area contributed by atoms with Crippen molar-refractivity contribution in [1.82, 2.24) is 0 Å². The molecule has 0 amide bonds. The van der Waals surface area contributed by atoms with Gasteiger partial charge in [0.1, 0.15) is 12.4 Å². The van der Waals surface area contributed by atoms with Gasteiger partial charge in [-0.1, -0.05) is 78.9 Å². The summed E-state index contributed by atoms with van der Waals surface area (Å²) >= 11 is 2.24. The first-order chi connectivity index (χ1) is 17.5. The maximum atomic E-state index is 12.8. The minimum absolute atomic E-state index is 0.00788. The lowest BCUT2D eigenvalue weighted by atomic mass is 9.92. The largest absolute Gasteiger partial charge is 0.489 e. The van der Waals surface area contributed by atoms with Crippen LogP contribution in [-0.2, 0) is 17.8 Å². The van der Waals surface area contributed by atoms with Crippen molar-refractivity contribution in [2.24, 2.45) is 5.92 Å². The van der Waals surface area contributed by atoms with E-state index in [4.69, 9.17) is 4.74 Å². The molecule has 0 spiro atoms. The Labute approximate surface area is 225 Å². The van der Waals surface area contributed by atoms with E-state index in [9.17, 15) is 14.7 Å². The molecule has 4 aromatic rings. The van der Waals surface area contributed by atoms with Crippen molar-refractivity contribution in [2.45, 2.75) is 25.9 Å². The van der Waals surface area contributed by atoms with Gasteiger partial charge in [-0.05, 0) is 82.0 Å². The number of rotatable bonds is 11. The van der Waals surface area contributed by atoms with Gasteiger partial charge >= 0.3 is 5.97 Å². The van der Waals surface area contributed by atoms with E-state index in [1.165, 1.54) is 0 Å². The van der Waals surface area contributed by atoms with Crippen molar-refractivity contribution < 1.29 is 19.4 Å². The van der Waals surface area contributed by atoms with Crippen molar-refractivity contribution in [3.63, 3.8) is 0 Å². The van der Waals surface area contributed by atoms with Gasteiger partial charge in [0, 0.05) is 15.6 Å². The highest BCUT2D eigenvalue weighted by molar-refractivity contribution is 14.1. The second-order valence-corrected chi connectivity index (χ2v) is 9.95. The predicted molar refractivity (Wildman–Crippen MR) is 150 cm³/mol. The normalized spacial score (nSPS) is 11.6. The highest BCUT2D eigenvalue weighted by Crippen LogP contribution is 2.25. The van der Waals surface area contributed by atoms with Crippen molar-refractivity contribution >= 4 is 34.3 Å². The van der Waals surface area contributed by atoms with Crippen LogP contribution in [0.2, 0.25) is 0 Å². The fraction of sp³-hybridized carbons (Fsp3) is 0.161. The molecule has 36 heavy (non-hydrogen) atoms. The Morgan fingerprint density at radius 2 is 1.42 bits per heavy atom. The SMILES string of the molecule is O=C(CC(CCc1cccc(I)c1)C(=O)O)c1ccc(-c2ccc(OCc3ccccc3)cc2)cc1. The van der Waals surface area contributed by atoms with E-state index in [1.54, 1.807) is 12.1 Å². The van der Waals surface area contributed by atoms with Crippen LogP contribution in [0.25, 0.3) is 11.1 Å². The molecule has 182 valence electrons. The molecule has 0 saturated heterocycles. The van der Waals surface area contributed by atoms with E-state index < -0.39 is 11.9 Å². The summed E-state index contributed by atoms with van der Waals surface area (Å²) in [4.78, 5) is 24.6. The second kappa shape index (κ2) is 12.5. The number of carbonyl (C=O) groups excluding carboxylic acids is 1. The highest BCUT2D eigenvalue weighted by atomic mass is 127. The van der Waals surface area contributed by atoms with E-state index in [1.807, 2.05) is 91.0 Å². The molecule has 5 heteroatoms. The number of carbonyl (C=O) groups is 2. The van der Waals surface area contributed by atoms with E-state index in [-0.39, 0.29) is 12.2 Å². The molecule has 0 fully saturated rings. The molecule has 0 aliphatic carbocycles. The number of ether oxygens (including phenoxy) is 1. The zero-order valence-electron chi connectivity index (χ0n) is 19.8. The Hall–Kier alpha value is -3.45. The van der Waals surface area contributed by atoms with Gasteiger partial charge < -0.3 is 9.84 Å². The zero-order chi connectivity index (χ0) is 25.3. The molecule has 4 aromatic carbocycles. The maximum absolute atomic E-state index is 12.8. The first-order valence-electron chi connectivity index (χ1n) is 11.9. The Morgan fingerprint density at radius 1 is 0.778 bits per heavy atom. The predicted octanol–water partition coefficient (Wildman–Crippen LogP) is 7.44. The average molecular weight is 590 g/mol. The van der Waals surface area contributed by atoms with Gasteiger partial charge in [0.25, 0.3) is 0 Å². The number of Topliss-reactive ketones (excluding diaryl/α,β-unsaturated/α-hetero) is 1. The smallest absolute Gasteiger partial charge is 0.306 e. The average Bonchev–Trinajstić information content (AvgIpc) is 2.90. The molecule has 1 unspecified atom stereocenters. The Kier molecular flexibility index (Phi) is 8.90. The van der Waals surface area contributed by atoms with Crippen molar-refractivity contribution in [3.8, 4) is 16.9 Å². The van der Waals surface area contributed by atoms with E-state index in [0.29, 0.717) is 25.0 Å². The fourth-order valence-corrected chi connectivity index (χ4v) is 4.63. The fourth-order valence-electron chi connectivity index (χ4n) is 4.02. The summed E-state index contributed by atoms with van der Waals surface area (Å²) in [6.07, 6.45) is 1.05. The maximum Gasteiger partial charge on any atom is 0.306 e. The van der Waals surface area contributed by atoms with Crippen LogP contribution in [0.15, 0.2) is 103 Å². The van der Waals surface area contributed by atoms with Crippen LogP contribution in [0.5, 0.6) is 5.75 Å². The number of halogens is 1. The zero-order valence-corrected chi connectivity index (χ0v) is 21.9. The molecule has 0 aromatic heterocycles. The molecule has 1 atom stereocenters. The number of carboxylic acid groups (broad SMARTS) is 1. The number of aliphatic carboxylic acids is 1. The minimum atomic E-state index is -0.930. The lowest BCUT2D eigenvalue weighted by molar-refractivity contribution is -0.141. The van der Waals surface area contributed by atoms with Crippen molar-refractivity contribution in [3.05, 3.63) is 123 Å². The highest BCUT2D eigenvalue weighted by Gasteiger charge is 2.22. The number of hydrogen-bond donors (Lipinski definition) is 1. The molecular weight excluding hydrogens is 563 g/mol. The molecule has 4 nitrogen and oxygen atoms in total. The van der Waals surface area contributed by atoms with Gasteiger partial charge in [-0.15, -0.1) is 0 Å². The van der Waals surface area contributed by atoms with Gasteiger partial charge in [-0.25, -0.2) is 0 Å². The first-order valence-corrected chi connectivity index (χ1v) is 12.9. The quantitative estimate of drug-likeness (QED) is 0.146. The Balaban J connectivity index is 1.34. The number of ketones is 1. The van der Waals surface area contributed by atoms with Gasteiger partial charge in [0.05, 0.1) is 5.92 Å². The summed E-state index contributed by atoms with van der Waals surface area (Å²) in [5.74, 6) is -1.00. The first kappa shape index (κ1) is 25.6. The van der Waals surface area contributed by atoms with Gasteiger partial charge in [-0.2, -0.15) is 0 Å². The standard InChI is InChI=1S/C31H27IO4/c32-28-8-4-7-22(19-28)9-10-27(31(34)35)20-30(33)26-13-11-24(12-14-26)25-15-17-29(18-16-25)36-21-23-5-2-1-3-6-23/h1-8,11-19,27H,9-10,20-21H2,(H,34,35). The van der Waals surface area contributed by atoms with Crippen LogP contribution < -0.4 is 4.74 Å². The van der Waals surface area contributed by atoms with Crippen LogP contribution in [0.3, 0.4) is 0 Å². The number of benzene rings is 4. The molecule has 1 N–H and O–H groups in total. The molecule has 0 aliphatic heterocycles. The summed E-state index contributed by atoms with van der Waals surface area (Å²) < 4.78 is 6.96. The molecule has 4 rings (SSSR count). The summed E-state index contributed by atoms with van der Waals surface area (Å²) in [7, 11) is 0. The van der Waals surface area contributed by atoms with Crippen molar-refractivity contribution in [2.75, 3.05) is 0 Å². The molecule has 0 bridgehead atoms. The van der Waals surface area contributed by atoms with Gasteiger partial charge in [-0.3, -0.25) is 9.59 Å². The molecule has 0 heterocycles. The van der Waals surface area contributed by atoms with Crippen LogP contribution >= 0.6 is 22.6 Å². The third-order valence-electron chi connectivity index (χ3n) is 6.09. The Morgan fingerprint density at radius 3 is 2.06 bits per heavy atom. The molecule has 0 radical (unpaired) electrons. The molecule has 0 aliphatic rings. The monoisotopic (exact) mass is 590 g/mol. The second-order valence-electron chi connectivity index (χ2n) is 8.71. The lowest BCUT2D eigenvalue weighted by Crippen LogP contribution is -2.19. The van der Waals surface area contributed by atoms with E-state index in [0.717, 1.165) is 31.6 Å². The number of aryl methyl sites for hydroxylation is 1. The van der Waals surface area contributed by atoms with Gasteiger partial charge in [0.15, 0.2) is 5.78 Å². The number of hydrogen-bond acceptors (Lipinski definition) is 3. The molecule has 0 saturated carbocycles. The summed E-state index contributed by atoms with van der Waals surface area (Å²) in [5, 5.41) is 9.66. The van der Waals surface area contributed by atoms with Crippen LogP contribution in [0, 0.1) is 9.49 Å². The third kappa shape index (κ3) is 7.28. The van der Waals surface area contributed by atoms with Gasteiger partial charge in [0.2, 0.25) is 0 Å². The van der Waals surface area contributed by atoms with Crippen molar-refractivity contribution in [1.29, 1.82) is 0 Å².